The van der Waals surface area contributed by atoms with E-state index in [1.807, 2.05) is 0 Å². The predicted octanol–water partition coefficient (Wildman–Crippen LogP) is 4.54. The molecule has 0 saturated heterocycles. The molecule has 2 nitrogen and oxygen atoms in total. The Morgan fingerprint density at radius 3 is 1.18 bits per heavy atom. The Hall–Kier alpha value is 0.880. The van der Waals surface area contributed by atoms with Crippen molar-refractivity contribution >= 4 is 31.9 Å². The summed E-state index contributed by atoms with van der Waals surface area (Å²) in [6.07, 6.45) is 8.31. The zero-order valence-corrected chi connectivity index (χ0v) is 13.9. The van der Waals surface area contributed by atoms with Crippen LogP contribution in [0.1, 0.15) is 44.9 Å². The van der Waals surface area contributed by atoms with Crippen LogP contribution in [0.5, 0.6) is 0 Å². The van der Waals surface area contributed by atoms with E-state index in [4.69, 9.17) is 9.47 Å². The molecule has 0 N–H and O–H groups in total. The van der Waals surface area contributed by atoms with Crippen molar-refractivity contribution in [1.82, 2.24) is 0 Å². The molecule has 0 aromatic carbocycles. The van der Waals surface area contributed by atoms with E-state index in [1.165, 1.54) is 44.9 Å². The predicted molar refractivity (Wildman–Crippen MR) is 81.5 cm³/mol. The van der Waals surface area contributed by atoms with Crippen LogP contribution in [0, 0.1) is 0 Å². The summed E-state index contributed by atoms with van der Waals surface area (Å²) in [5.41, 5.74) is 0. The summed E-state index contributed by atoms with van der Waals surface area (Å²) < 4.78 is 11.1. The van der Waals surface area contributed by atoms with Gasteiger partial charge in [-0.1, -0.05) is 31.9 Å². The molecule has 0 fully saturated rings. The summed E-state index contributed by atoms with van der Waals surface area (Å²) in [7, 11) is 0. The second-order valence-electron chi connectivity index (χ2n) is 4.08. The van der Waals surface area contributed by atoms with Gasteiger partial charge in [0.2, 0.25) is 0 Å². The van der Waals surface area contributed by atoms with Crippen molar-refractivity contribution < 1.29 is 9.47 Å². The second kappa shape index (κ2) is 16.9. The van der Waals surface area contributed by atoms with E-state index in [0.29, 0.717) is 0 Å². The van der Waals surface area contributed by atoms with E-state index in [9.17, 15) is 0 Å². The SMILES string of the molecule is BrCCCCOCCCCCOCCCCBr. The first-order chi connectivity index (χ1) is 8.41. The van der Waals surface area contributed by atoms with E-state index in [2.05, 4.69) is 31.9 Å². The largest absolute Gasteiger partial charge is 0.381 e. The Morgan fingerprint density at radius 2 is 0.824 bits per heavy atom. The zero-order valence-electron chi connectivity index (χ0n) is 10.8. The van der Waals surface area contributed by atoms with Crippen LogP contribution in [-0.4, -0.2) is 37.1 Å². The molecular weight excluding hydrogens is 348 g/mol. The van der Waals surface area contributed by atoms with Crippen LogP contribution >= 0.6 is 31.9 Å². The quantitative estimate of drug-likeness (QED) is 0.328. The maximum Gasteiger partial charge on any atom is 0.0466 e. The highest BCUT2D eigenvalue weighted by molar-refractivity contribution is 9.09. The van der Waals surface area contributed by atoms with Crippen molar-refractivity contribution in [3.05, 3.63) is 0 Å². The highest BCUT2D eigenvalue weighted by atomic mass is 79.9. The maximum atomic E-state index is 5.53. The fourth-order valence-electron chi connectivity index (χ4n) is 1.39. The second-order valence-corrected chi connectivity index (χ2v) is 5.66. The van der Waals surface area contributed by atoms with Crippen molar-refractivity contribution in [1.29, 1.82) is 0 Å². The average molecular weight is 374 g/mol. The molecule has 0 bridgehead atoms. The maximum absolute atomic E-state index is 5.53. The number of unbranched alkanes of at least 4 members (excludes halogenated alkanes) is 4. The third kappa shape index (κ3) is 16.9. The molecule has 4 heteroatoms. The van der Waals surface area contributed by atoms with E-state index in [0.717, 1.165) is 37.1 Å². The van der Waals surface area contributed by atoms with Gasteiger partial charge in [0.25, 0.3) is 0 Å². The smallest absolute Gasteiger partial charge is 0.0466 e. The van der Waals surface area contributed by atoms with Crippen LogP contribution in [0.2, 0.25) is 0 Å². The first-order valence-corrected chi connectivity index (χ1v) is 8.93. The lowest BCUT2D eigenvalue weighted by molar-refractivity contribution is 0.112. The number of alkyl halides is 2. The van der Waals surface area contributed by atoms with Crippen molar-refractivity contribution in [3.63, 3.8) is 0 Å². The first-order valence-electron chi connectivity index (χ1n) is 6.69. The minimum Gasteiger partial charge on any atom is -0.381 e. The van der Waals surface area contributed by atoms with Gasteiger partial charge in [-0.15, -0.1) is 0 Å². The van der Waals surface area contributed by atoms with E-state index < -0.39 is 0 Å². The van der Waals surface area contributed by atoms with Gasteiger partial charge in [-0.05, 0) is 44.9 Å². The fraction of sp³-hybridized carbons (Fsp3) is 1.00. The van der Waals surface area contributed by atoms with E-state index >= 15 is 0 Å². The third-order valence-electron chi connectivity index (χ3n) is 2.42. The van der Waals surface area contributed by atoms with Crippen molar-refractivity contribution in [2.75, 3.05) is 37.1 Å². The molecule has 0 spiro atoms. The highest BCUT2D eigenvalue weighted by Crippen LogP contribution is 2.00. The molecule has 0 aliphatic heterocycles. The van der Waals surface area contributed by atoms with Crippen LogP contribution in [0.15, 0.2) is 0 Å². The average Bonchev–Trinajstić information content (AvgIpc) is 2.35. The topological polar surface area (TPSA) is 18.5 Å². The van der Waals surface area contributed by atoms with E-state index in [-0.39, 0.29) is 0 Å². The molecule has 0 rings (SSSR count). The van der Waals surface area contributed by atoms with Crippen LogP contribution in [0.25, 0.3) is 0 Å². The first kappa shape index (κ1) is 17.9. The van der Waals surface area contributed by atoms with Crippen molar-refractivity contribution in [2.24, 2.45) is 0 Å². The Balaban J connectivity index is 2.85. The van der Waals surface area contributed by atoms with Gasteiger partial charge in [-0.3, -0.25) is 0 Å². The van der Waals surface area contributed by atoms with Crippen LogP contribution in [0.3, 0.4) is 0 Å². The number of hydrogen-bond donors (Lipinski definition) is 0. The molecular formula is C13H26Br2O2. The third-order valence-corrected chi connectivity index (χ3v) is 3.54. The Bertz CT molecular complexity index is 121. The van der Waals surface area contributed by atoms with Crippen LogP contribution < -0.4 is 0 Å². The lowest BCUT2D eigenvalue weighted by Crippen LogP contribution is -2.00. The van der Waals surface area contributed by atoms with E-state index in [1.54, 1.807) is 0 Å². The summed E-state index contributed by atoms with van der Waals surface area (Å²) in [6, 6.07) is 0. The fourth-order valence-corrected chi connectivity index (χ4v) is 2.18. The van der Waals surface area contributed by atoms with Gasteiger partial charge in [0.05, 0.1) is 0 Å². The number of hydrogen-bond acceptors (Lipinski definition) is 2. The molecule has 0 radical (unpaired) electrons. The Labute approximate surface area is 123 Å². The zero-order chi connectivity index (χ0) is 12.6. The van der Waals surface area contributed by atoms with Crippen molar-refractivity contribution in [2.45, 2.75) is 44.9 Å². The summed E-state index contributed by atoms with van der Waals surface area (Å²) in [4.78, 5) is 0. The molecule has 0 aromatic heterocycles. The molecule has 0 unspecified atom stereocenters. The van der Waals surface area contributed by atoms with Gasteiger partial charge >= 0.3 is 0 Å². The highest BCUT2D eigenvalue weighted by Gasteiger charge is 1.92. The molecule has 0 saturated carbocycles. The number of ether oxygens (including phenoxy) is 2. The molecule has 17 heavy (non-hydrogen) atoms. The molecule has 0 aliphatic rings. The number of rotatable bonds is 14. The summed E-state index contributed by atoms with van der Waals surface area (Å²) in [5.74, 6) is 0. The van der Waals surface area contributed by atoms with Crippen molar-refractivity contribution in [3.8, 4) is 0 Å². The standard InChI is InChI=1S/C13H26Br2O2/c14-8-2-6-12-16-10-4-1-5-11-17-13-7-3-9-15/h1-13H2. The monoisotopic (exact) mass is 372 g/mol. The van der Waals surface area contributed by atoms with Crippen LogP contribution in [-0.2, 0) is 9.47 Å². The lowest BCUT2D eigenvalue weighted by atomic mass is 10.2. The minimum atomic E-state index is 0.909. The molecule has 0 aliphatic carbocycles. The van der Waals surface area contributed by atoms with Gasteiger partial charge in [0.1, 0.15) is 0 Å². The van der Waals surface area contributed by atoms with Crippen LogP contribution in [0.4, 0.5) is 0 Å². The number of halogens is 2. The summed E-state index contributed by atoms with van der Waals surface area (Å²) in [6.45, 7) is 3.64. The van der Waals surface area contributed by atoms with Gasteiger partial charge in [0.15, 0.2) is 0 Å². The normalized spacial score (nSPS) is 10.9. The summed E-state index contributed by atoms with van der Waals surface area (Å²) in [5, 5.41) is 2.17. The Kier molecular flexibility index (Phi) is 17.8. The van der Waals surface area contributed by atoms with Gasteiger partial charge < -0.3 is 9.47 Å². The molecule has 104 valence electrons. The molecule has 0 atom stereocenters. The lowest BCUT2D eigenvalue weighted by Gasteiger charge is -2.05. The molecule has 0 heterocycles. The van der Waals surface area contributed by atoms with Gasteiger partial charge in [-0.25, -0.2) is 0 Å². The summed E-state index contributed by atoms with van der Waals surface area (Å²) >= 11 is 6.82. The van der Waals surface area contributed by atoms with Gasteiger partial charge in [0, 0.05) is 37.1 Å². The Morgan fingerprint density at radius 1 is 0.471 bits per heavy atom. The minimum absolute atomic E-state index is 0.909. The molecule has 0 aromatic rings. The van der Waals surface area contributed by atoms with Gasteiger partial charge in [-0.2, -0.15) is 0 Å². The molecule has 0 amide bonds.